The lowest BCUT2D eigenvalue weighted by Crippen LogP contribution is -2.32. The summed E-state index contributed by atoms with van der Waals surface area (Å²) in [7, 11) is -2.37. The van der Waals surface area contributed by atoms with Crippen molar-refractivity contribution in [1.29, 1.82) is 0 Å². The number of anilines is 1. The molecule has 2 amide bonds. The van der Waals surface area contributed by atoms with Crippen LogP contribution in [0, 0.1) is 0 Å². The third-order valence-electron chi connectivity index (χ3n) is 6.63. The van der Waals surface area contributed by atoms with E-state index in [0.29, 0.717) is 25.2 Å². The molecule has 0 aliphatic carbocycles. The lowest BCUT2D eigenvalue weighted by Gasteiger charge is -2.21. The lowest BCUT2D eigenvalue weighted by atomic mass is 10.1. The molecule has 0 atom stereocenters. The Balaban J connectivity index is 1.47. The first-order chi connectivity index (χ1) is 16.9. The molecule has 0 spiro atoms. The Morgan fingerprint density at radius 1 is 0.886 bits per heavy atom. The molecule has 0 aromatic heterocycles. The maximum Gasteiger partial charge on any atom is 0.255 e. The van der Waals surface area contributed by atoms with Crippen molar-refractivity contribution in [2.24, 2.45) is 0 Å². The Bertz CT molecular complexity index is 1150. The molecule has 2 aromatic rings. The summed E-state index contributed by atoms with van der Waals surface area (Å²) < 4.78 is 33.5. The second kappa shape index (κ2) is 11.2. The van der Waals surface area contributed by atoms with E-state index in [1.807, 2.05) is 17.0 Å². The number of sulfonamides is 1. The standard InChI is InChI=1S/C26H33N3O5S/c1-34-23-13-10-21(19-24(23)35(32,33)29-16-4-2-3-5-17-29)26(31)27-22-11-8-20(9-12-22)18-25(30)28-14-6-7-15-28/h8-13,19H,2-7,14-18H2,1H3,(H,27,31). The third-order valence-corrected chi connectivity index (χ3v) is 8.55. The van der Waals surface area contributed by atoms with E-state index in [1.165, 1.54) is 23.5 Å². The Labute approximate surface area is 207 Å². The van der Waals surface area contributed by atoms with Gasteiger partial charge < -0.3 is 15.0 Å². The first kappa shape index (κ1) is 25.2. The van der Waals surface area contributed by atoms with Crippen molar-refractivity contribution in [3.8, 4) is 5.75 Å². The predicted molar refractivity (Wildman–Crippen MR) is 134 cm³/mol. The maximum absolute atomic E-state index is 13.4. The summed E-state index contributed by atoms with van der Waals surface area (Å²) in [5, 5.41) is 2.82. The zero-order chi connectivity index (χ0) is 24.8. The Morgan fingerprint density at radius 3 is 2.14 bits per heavy atom. The Hall–Kier alpha value is -2.91. The smallest absolute Gasteiger partial charge is 0.255 e. The molecule has 188 valence electrons. The minimum Gasteiger partial charge on any atom is -0.495 e. The van der Waals surface area contributed by atoms with Crippen LogP contribution in [0.3, 0.4) is 0 Å². The molecule has 2 heterocycles. The predicted octanol–water partition coefficient (Wildman–Crippen LogP) is 3.68. The fourth-order valence-corrected chi connectivity index (χ4v) is 6.30. The minimum atomic E-state index is -3.79. The number of carbonyl (C=O) groups excluding carboxylic acids is 2. The van der Waals surface area contributed by atoms with Gasteiger partial charge in [-0.05, 0) is 61.6 Å². The number of amides is 2. The minimum absolute atomic E-state index is 0.00493. The van der Waals surface area contributed by atoms with Crippen molar-refractivity contribution in [3.05, 3.63) is 53.6 Å². The number of likely N-dealkylation sites (tertiary alicyclic amines) is 1. The maximum atomic E-state index is 13.4. The summed E-state index contributed by atoms with van der Waals surface area (Å²) in [6, 6.07) is 11.6. The highest BCUT2D eigenvalue weighted by molar-refractivity contribution is 7.89. The number of ether oxygens (including phenoxy) is 1. The molecule has 2 aliphatic rings. The van der Waals surface area contributed by atoms with Crippen LogP contribution in [0.5, 0.6) is 5.75 Å². The average Bonchev–Trinajstić information content (AvgIpc) is 3.27. The fourth-order valence-electron chi connectivity index (χ4n) is 4.60. The third kappa shape index (κ3) is 6.02. The average molecular weight is 500 g/mol. The van der Waals surface area contributed by atoms with E-state index in [9.17, 15) is 18.0 Å². The molecule has 0 radical (unpaired) electrons. The summed E-state index contributed by atoms with van der Waals surface area (Å²) in [5.74, 6) is -0.0747. The molecule has 0 bridgehead atoms. The highest BCUT2D eigenvalue weighted by Gasteiger charge is 2.29. The van der Waals surface area contributed by atoms with Crippen molar-refractivity contribution >= 4 is 27.5 Å². The molecule has 2 aromatic carbocycles. The number of hydrogen-bond donors (Lipinski definition) is 1. The van der Waals surface area contributed by atoms with Crippen molar-refractivity contribution < 1.29 is 22.7 Å². The second-order valence-electron chi connectivity index (χ2n) is 9.10. The first-order valence-electron chi connectivity index (χ1n) is 12.2. The molecule has 0 unspecified atom stereocenters. The molecular formula is C26H33N3O5S. The number of methoxy groups -OCH3 is 1. The van der Waals surface area contributed by atoms with Gasteiger partial charge in [-0.1, -0.05) is 25.0 Å². The quantitative estimate of drug-likeness (QED) is 0.627. The molecule has 1 N–H and O–H groups in total. The second-order valence-corrected chi connectivity index (χ2v) is 11.0. The zero-order valence-electron chi connectivity index (χ0n) is 20.2. The van der Waals surface area contributed by atoms with Gasteiger partial charge in [0.15, 0.2) is 0 Å². The van der Waals surface area contributed by atoms with Gasteiger partial charge in [-0.2, -0.15) is 4.31 Å². The summed E-state index contributed by atoms with van der Waals surface area (Å²) >= 11 is 0. The number of nitrogens with one attached hydrogen (secondary N) is 1. The van der Waals surface area contributed by atoms with Gasteiger partial charge in [0.05, 0.1) is 13.5 Å². The normalized spacial score (nSPS) is 17.1. The van der Waals surface area contributed by atoms with Crippen LogP contribution in [0.4, 0.5) is 5.69 Å². The largest absolute Gasteiger partial charge is 0.495 e. The summed E-state index contributed by atoms with van der Waals surface area (Å²) in [6.07, 6.45) is 6.12. The molecule has 2 fully saturated rings. The molecule has 0 saturated carbocycles. The topological polar surface area (TPSA) is 96.0 Å². The molecule has 9 heteroatoms. The SMILES string of the molecule is COc1ccc(C(=O)Nc2ccc(CC(=O)N3CCCC3)cc2)cc1S(=O)(=O)N1CCCCCC1. The van der Waals surface area contributed by atoms with Gasteiger partial charge in [0, 0.05) is 37.4 Å². The van der Waals surface area contributed by atoms with E-state index < -0.39 is 15.9 Å². The van der Waals surface area contributed by atoms with Crippen LogP contribution in [0.1, 0.15) is 54.4 Å². The molecule has 2 aliphatic heterocycles. The van der Waals surface area contributed by atoms with Crippen LogP contribution < -0.4 is 10.1 Å². The first-order valence-corrected chi connectivity index (χ1v) is 13.7. The van der Waals surface area contributed by atoms with E-state index in [2.05, 4.69) is 5.32 Å². The lowest BCUT2D eigenvalue weighted by molar-refractivity contribution is -0.129. The van der Waals surface area contributed by atoms with Crippen LogP contribution in [-0.2, 0) is 21.2 Å². The Kier molecular flexibility index (Phi) is 8.07. The monoisotopic (exact) mass is 499 g/mol. The van der Waals surface area contributed by atoms with E-state index in [0.717, 1.165) is 57.2 Å². The summed E-state index contributed by atoms with van der Waals surface area (Å²) in [6.45, 7) is 2.58. The molecule has 4 rings (SSSR count). The number of carbonyl (C=O) groups is 2. The molecular weight excluding hydrogens is 466 g/mol. The summed E-state index contributed by atoms with van der Waals surface area (Å²) in [5.41, 5.74) is 1.68. The summed E-state index contributed by atoms with van der Waals surface area (Å²) in [4.78, 5) is 27.2. The van der Waals surface area contributed by atoms with Gasteiger partial charge in [0.25, 0.3) is 5.91 Å². The van der Waals surface area contributed by atoms with Crippen molar-refractivity contribution in [2.45, 2.75) is 49.8 Å². The fraction of sp³-hybridized carbons (Fsp3) is 0.462. The van der Waals surface area contributed by atoms with Gasteiger partial charge in [-0.3, -0.25) is 9.59 Å². The van der Waals surface area contributed by atoms with Gasteiger partial charge in [-0.25, -0.2) is 8.42 Å². The van der Waals surface area contributed by atoms with E-state index in [4.69, 9.17) is 4.74 Å². The van der Waals surface area contributed by atoms with E-state index >= 15 is 0 Å². The zero-order valence-corrected chi connectivity index (χ0v) is 21.0. The van der Waals surface area contributed by atoms with Gasteiger partial charge in [0.1, 0.15) is 10.6 Å². The van der Waals surface area contributed by atoms with Crippen molar-refractivity contribution in [3.63, 3.8) is 0 Å². The van der Waals surface area contributed by atoms with Crippen molar-refractivity contribution in [1.82, 2.24) is 9.21 Å². The molecule has 8 nitrogen and oxygen atoms in total. The molecule has 2 saturated heterocycles. The number of benzene rings is 2. The Morgan fingerprint density at radius 2 is 1.51 bits per heavy atom. The number of nitrogens with zero attached hydrogens (tertiary/aromatic N) is 2. The number of hydrogen-bond acceptors (Lipinski definition) is 5. The van der Waals surface area contributed by atoms with Crippen LogP contribution in [0.15, 0.2) is 47.4 Å². The number of rotatable bonds is 7. The van der Waals surface area contributed by atoms with Gasteiger partial charge >= 0.3 is 0 Å². The molecule has 35 heavy (non-hydrogen) atoms. The highest BCUT2D eigenvalue weighted by atomic mass is 32.2. The highest BCUT2D eigenvalue weighted by Crippen LogP contribution is 2.29. The van der Waals surface area contributed by atoms with Crippen LogP contribution >= 0.6 is 0 Å². The van der Waals surface area contributed by atoms with Crippen LogP contribution in [0.2, 0.25) is 0 Å². The van der Waals surface area contributed by atoms with Crippen LogP contribution in [-0.4, -0.2) is 62.7 Å². The van der Waals surface area contributed by atoms with Gasteiger partial charge in [0.2, 0.25) is 15.9 Å². The van der Waals surface area contributed by atoms with E-state index in [1.54, 1.807) is 18.2 Å². The van der Waals surface area contributed by atoms with Crippen LogP contribution in [0.25, 0.3) is 0 Å². The van der Waals surface area contributed by atoms with Crippen molar-refractivity contribution in [2.75, 3.05) is 38.6 Å². The van der Waals surface area contributed by atoms with Gasteiger partial charge in [-0.15, -0.1) is 0 Å². The van der Waals surface area contributed by atoms with E-state index in [-0.39, 0.29) is 22.1 Å².